The number of carbonyl (C=O) groups excluding carboxylic acids is 1. The maximum Gasteiger partial charge on any atom is 0.321 e. The van der Waals surface area contributed by atoms with Crippen molar-refractivity contribution < 1.29 is 4.79 Å². The summed E-state index contributed by atoms with van der Waals surface area (Å²) in [6, 6.07) is 11.1. The molecule has 8 nitrogen and oxygen atoms in total. The molecule has 2 amide bonds. The number of aryl methyl sites for hydroxylation is 1. The van der Waals surface area contributed by atoms with Gasteiger partial charge in [0, 0.05) is 41.3 Å². The molecule has 0 radical (unpaired) electrons. The molecule has 0 bridgehead atoms. The number of hydrogen-bond acceptors (Lipinski definition) is 5. The fraction of sp³-hybridized carbons (Fsp3) is 0.190. The number of hydrogen-bond donors (Lipinski definition) is 3. The van der Waals surface area contributed by atoms with Gasteiger partial charge in [-0.2, -0.15) is 5.10 Å². The second-order valence-electron chi connectivity index (χ2n) is 7.25. The number of nitrogens with zero attached hydrogens (tertiary/aromatic N) is 4. The number of carbonyl (C=O) groups is 1. The summed E-state index contributed by atoms with van der Waals surface area (Å²) in [5, 5.41) is 14.1. The molecule has 0 aliphatic heterocycles. The summed E-state index contributed by atoms with van der Waals surface area (Å²) in [5.74, 6) is 0.452. The van der Waals surface area contributed by atoms with Crippen molar-refractivity contribution in [2.75, 3.05) is 5.32 Å². The van der Waals surface area contributed by atoms with Gasteiger partial charge in [0.2, 0.25) is 0 Å². The molecule has 0 saturated heterocycles. The van der Waals surface area contributed by atoms with Crippen molar-refractivity contribution in [3.05, 3.63) is 66.4 Å². The maximum absolute atomic E-state index is 12.5. The number of nitrogens with one attached hydrogen (secondary N) is 3. The number of H-pyrrole nitrogens is 1. The lowest BCUT2D eigenvalue weighted by atomic mass is 10.1. The first-order chi connectivity index (χ1) is 14.1. The maximum atomic E-state index is 12.5. The summed E-state index contributed by atoms with van der Waals surface area (Å²) < 4.78 is 0. The smallest absolute Gasteiger partial charge is 0.321 e. The van der Waals surface area contributed by atoms with Gasteiger partial charge in [-0.15, -0.1) is 0 Å². The molecule has 5 rings (SSSR count). The minimum absolute atomic E-state index is 0.301. The van der Waals surface area contributed by atoms with E-state index in [4.69, 9.17) is 0 Å². The van der Waals surface area contributed by atoms with Crippen molar-refractivity contribution in [2.45, 2.75) is 25.3 Å². The number of pyridine rings is 3. The fourth-order valence-corrected chi connectivity index (χ4v) is 3.48. The van der Waals surface area contributed by atoms with Crippen LogP contribution >= 0.6 is 0 Å². The zero-order valence-electron chi connectivity index (χ0n) is 15.8. The molecule has 0 aromatic carbocycles. The Morgan fingerprint density at radius 3 is 2.76 bits per heavy atom. The van der Waals surface area contributed by atoms with Gasteiger partial charge in [-0.1, -0.05) is 6.07 Å². The van der Waals surface area contributed by atoms with E-state index >= 15 is 0 Å². The highest BCUT2D eigenvalue weighted by Gasteiger charge is 2.47. The number of aromatic nitrogens is 5. The molecule has 4 heterocycles. The molecule has 1 aliphatic carbocycles. The standard InChI is InChI=1S/C21H19N7O/c1-13-10-14(5-9-22-13)19-15-12-24-18(11-16(15)27-28-19)25-20(29)26-21(6-7-21)17-4-2-3-8-23-17/h2-5,8-12H,6-7H2,1H3,(H,27,28)(H2,24,25,26,29). The largest absolute Gasteiger partial charge is 0.327 e. The predicted octanol–water partition coefficient (Wildman–Crippen LogP) is 3.53. The number of urea groups is 1. The quantitative estimate of drug-likeness (QED) is 0.498. The van der Waals surface area contributed by atoms with Crippen LogP contribution < -0.4 is 10.6 Å². The molecule has 4 aromatic heterocycles. The van der Waals surface area contributed by atoms with Crippen molar-refractivity contribution in [3.63, 3.8) is 0 Å². The van der Waals surface area contributed by atoms with Gasteiger partial charge in [0.1, 0.15) is 11.5 Å². The van der Waals surface area contributed by atoms with E-state index < -0.39 is 0 Å². The Bertz CT molecular complexity index is 1200. The van der Waals surface area contributed by atoms with Crippen molar-refractivity contribution in [3.8, 4) is 11.3 Å². The van der Waals surface area contributed by atoms with Gasteiger partial charge < -0.3 is 5.32 Å². The van der Waals surface area contributed by atoms with Gasteiger partial charge in [0.25, 0.3) is 0 Å². The molecular weight excluding hydrogens is 366 g/mol. The first-order valence-electron chi connectivity index (χ1n) is 9.41. The Hall–Kier alpha value is -3.81. The van der Waals surface area contributed by atoms with Crippen LogP contribution in [0.2, 0.25) is 0 Å². The summed E-state index contributed by atoms with van der Waals surface area (Å²) >= 11 is 0. The van der Waals surface area contributed by atoms with E-state index in [9.17, 15) is 4.79 Å². The minimum atomic E-state index is -0.379. The van der Waals surface area contributed by atoms with Crippen molar-refractivity contribution in [1.82, 2.24) is 30.5 Å². The highest BCUT2D eigenvalue weighted by Crippen LogP contribution is 2.44. The Morgan fingerprint density at radius 1 is 1.10 bits per heavy atom. The van der Waals surface area contributed by atoms with Crippen molar-refractivity contribution in [2.24, 2.45) is 0 Å². The third-order valence-electron chi connectivity index (χ3n) is 5.12. The minimum Gasteiger partial charge on any atom is -0.327 e. The van der Waals surface area contributed by atoms with Crippen molar-refractivity contribution >= 4 is 22.8 Å². The van der Waals surface area contributed by atoms with Crippen LogP contribution in [-0.4, -0.2) is 31.2 Å². The van der Waals surface area contributed by atoms with Crippen molar-refractivity contribution in [1.29, 1.82) is 0 Å². The normalized spacial score (nSPS) is 14.5. The Kier molecular flexibility index (Phi) is 3.97. The number of anilines is 1. The van der Waals surface area contributed by atoms with Crippen LogP contribution in [0.3, 0.4) is 0 Å². The third kappa shape index (κ3) is 3.29. The van der Waals surface area contributed by atoms with Crippen LogP contribution in [0.25, 0.3) is 22.2 Å². The molecule has 0 spiro atoms. The zero-order chi connectivity index (χ0) is 19.8. The van der Waals surface area contributed by atoms with E-state index in [0.717, 1.165) is 46.4 Å². The van der Waals surface area contributed by atoms with Crippen LogP contribution in [0, 0.1) is 6.92 Å². The Balaban J connectivity index is 1.34. The molecule has 0 unspecified atom stereocenters. The van der Waals surface area contributed by atoms with E-state index in [1.54, 1.807) is 24.7 Å². The third-order valence-corrected chi connectivity index (χ3v) is 5.12. The van der Waals surface area contributed by atoms with Gasteiger partial charge in [-0.3, -0.25) is 20.4 Å². The van der Waals surface area contributed by atoms with Crippen LogP contribution in [0.1, 0.15) is 24.2 Å². The number of fused-ring (bicyclic) bond motifs is 1. The van der Waals surface area contributed by atoms with Crippen LogP contribution in [0.5, 0.6) is 0 Å². The number of amides is 2. The van der Waals surface area contributed by atoms with Gasteiger partial charge in [-0.25, -0.2) is 9.78 Å². The number of aromatic amines is 1. The molecule has 8 heteroatoms. The van der Waals surface area contributed by atoms with Gasteiger partial charge in [0.15, 0.2) is 0 Å². The summed E-state index contributed by atoms with van der Waals surface area (Å²) in [4.78, 5) is 25.5. The summed E-state index contributed by atoms with van der Waals surface area (Å²) in [6.07, 6.45) is 6.96. The molecule has 144 valence electrons. The average Bonchev–Trinajstić information content (AvgIpc) is 3.38. The summed E-state index contributed by atoms with van der Waals surface area (Å²) in [5.41, 5.74) is 3.99. The predicted molar refractivity (Wildman–Crippen MR) is 109 cm³/mol. The van der Waals surface area contributed by atoms with Gasteiger partial charge in [0.05, 0.1) is 16.7 Å². The summed E-state index contributed by atoms with van der Waals surface area (Å²) in [6.45, 7) is 1.94. The second-order valence-corrected chi connectivity index (χ2v) is 7.25. The van der Waals surface area contributed by atoms with Crippen LogP contribution in [-0.2, 0) is 5.54 Å². The Labute approximate surface area is 166 Å². The molecule has 4 aromatic rings. The summed E-state index contributed by atoms with van der Waals surface area (Å²) in [7, 11) is 0. The highest BCUT2D eigenvalue weighted by atomic mass is 16.2. The molecule has 0 atom stereocenters. The first-order valence-corrected chi connectivity index (χ1v) is 9.41. The molecule has 29 heavy (non-hydrogen) atoms. The Morgan fingerprint density at radius 2 is 2.00 bits per heavy atom. The lowest BCUT2D eigenvalue weighted by molar-refractivity contribution is 0.247. The van der Waals surface area contributed by atoms with E-state index in [-0.39, 0.29) is 11.6 Å². The molecular formula is C21H19N7O. The van der Waals surface area contributed by atoms with E-state index in [1.807, 2.05) is 37.3 Å². The lowest BCUT2D eigenvalue weighted by Gasteiger charge is -2.17. The van der Waals surface area contributed by atoms with E-state index in [1.165, 1.54) is 0 Å². The molecule has 1 saturated carbocycles. The fourth-order valence-electron chi connectivity index (χ4n) is 3.48. The number of rotatable bonds is 4. The van der Waals surface area contributed by atoms with Crippen LogP contribution in [0.4, 0.5) is 10.6 Å². The molecule has 3 N–H and O–H groups in total. The highest BCUT2D eigenvalue weighted by molar-refractivity contribution is 5.96. The lowest BCUT2D eigenvalue weighted by Crippen LogP contribution is -2.38. The van der Waals surface area contributed by atoms with E-state index in [0.29, 0.717) is 5.82 Å². The molecule has 1 aliphatic rings. The van der Waals surface area contributed by atoms with Gasteiger partial charge >= 0.3 is 6.03 Å². The zero-order valence-corrected chi connectivity index (χ0v) is 15.8. The SMILES string of the molecule is Cc1cc(-c2n[nH]c3cc(NC(=O)NC4(c5ccccn5)CC4)ncc23)ccn1. The van der Waals surface area contributed by atoms with E-state index in [2.05, 4.69) is 35.8 Å². The average molecular weight is 385 g/mol. The monoisotopic (exact) mass is 385 g/mol. The molecule has 1 fully saturated rings. The topological polar surface area (TPSA) is 108 Å². The second kappa shape index (κ2) is 6.66. The first kappa shape index (κ1) is 17.3. The van der Waals surface area contributed by atoms with Crippen LogP contribution in [0.15, 0.2) is 55.0 Å². The van der Waals surface area contributed by atoms with Gasteiger partial charge in [-0.05, 0) is 44.0 Å².